The minimum Gasteiger partial charge on any atom is -0.444 e. The van der Waals surface area contributed by atoms with Gasteiger partial charge in [-0.25, -0.2) is 4.79 Å². The standard InChI is InChI=1S/C16H23ClN2O2/c1-16(2,3)21-15(20)19-14-10-11(7-8-12(14)17)13-6-4-5-9-18-13/h7-8,10,13,18H,4-6,9H2,1-3H3,(H,19,20). The fraction of sp³-hybridized carbons (Fsp3) is 0.562. The largest absolute Gasteiger partial charge is 0.444 e. The Morgan fingerprint density at radius 1 is 1.38 bits per heavy atom. The van der Waals surface area contributed by atoms with E-state index in [0.29, 0.717) is 16.8 Å². The topological polar surface area (TPSA) is 50.4 Å². The van der Waals surface area contributed by atoms with Crippen LogP contribution >= 0.6 is 11.6 Å². The van der Waals surface area contributed by atoms with Gasteiger partial charge in [0, 0.05) is 6.04 Å². The highest BCUT2D eigenvalue weighted by molar-refractivity contribution is 6.33. The number of amides is 1. The monoisotopic (exact) mass is 310 g/mol. The lowest BCUT2D eigenvalue weighted by molar-refractivity contribution is 0.0636. The molecule has 1 atom stereocenters. The molecular weight excluding hydrogens is 288 g/mol. The smallest absolute Gasteiger partial charge is 0.412 e. The Bertz CT molecular complexity index is 505. The van der Waals surface area contributed by atoms with E-state index in [1.165, 1.54) is 12.8 Å². The molecule has 1 fully saturated rings. The first-order valence-corrected chi connectivity index (χ1v) is 7.76. The predicted octanol–water partition coefficient (Wildman–Crippen LogP) is 4.50. The molecule has 0 bridgehead atoms. The van der Waals surface area contributed by atoms with Crippen LogP contribution in [0.5, 0.6) is 0 Å². The van der Waals surface area contributed by atoms with Crippen molar-refractivity contribution in [3.05, 3.63) is 28.8 Å². The molecule has 1 aliphatic heterocycles. The normalized spacial score (nSPS) is 19.1. The van der Waals surface area contributed by atoms with E-state index in [1.807, 2.05) is 39.0 Å². The maximum Gasteiger partial charge on any atom is 0.412 e. The molecule has 1 heterocycles. The molecule has 0 radical (unpaired) electrons. The first-order valence-electron chi connectivity index (χ1n) is 7.38. The summed E-state index contributed by atoms with van der Waals surface area (Å²) in [5, 5.41) is 6.73. The summed E-state index contributed by atoms with van der Waals surface area (Å²) in [6, 6.07) is 6.08. The summed E-state index contributed by atoms with van der Waals surface area (Å²) < 4.78 is 5.26. The molecule has 1 unspecified atom stereocenters. The lowest BCUT2D eigenvalue weighted by Gasteiger charge is -2.25. The van der Waals surface area contributed by atoms with Crippen LogP contribution in [-0.2, 0) is 4.74 Å². The molecule has 1 saturated heterocycles. The Morgan fingerprint density at radius 2 is 2.14 bits per heavy atom. The highest BCUT2D eigenvalue weighted by atomic mass is 35.5. The Kier molecular flexibility index (Phi) is 5.12. The molecule has 1 amide bonds. The number of piperidine rings is 1. The molecule has 2 rings (SSSR count). The zero-order valence-electron chi connectivity index (χ0n) is 12.8. The van der Waals surface area contributed by atoms with Crippen LogP contribution in [0.2, 0.25) is 5.02 Å². The second kappa shape index (κ2) is 6.67. The Hall–Kier alpha value is -1.26. The maximum absolute atomic E-state index is 11.9. The SMILES string of the molecule is CC(C)(C)OC(=O)Nc1cc(C2CCCCN2)ccc1Cl. The van der Waals surface area contributed by atoms with Crippen molar-refractivity contribution in [3.8, 4) is 0 Å². The van der Waals surface area contributed by atoms with Crippen molar-refractivity contribution in [2.75, 3.05) is 11.9 Å². The predicted molar refractivity (Wildman–Crippen MR) is 85.9 cm³/mol. The third-order valence-electron chi connectivity index (χ3n) is 3.34. The highest BCUT2D eigenvalue weighted by Crippen LogP contribution is 2.29. The van der Waals surface area contributed by atoms with E-state index in [1.54, 1.807) is 0 Å². The molecule has 0 aromatic heterocycles. The summed E-state index contributed by atoms with van der Waals surface area (Å²) in [7, 11) is 0. The second-order valence-electron chi connectivity index (χ2n) is 6.37. The number of hydrogen-bond donors (Lipinski definition) is 2. The van der Waals surface area contributed by atoms with Gasteiger partial charge in [-0.3, -0.25) is 5.32 Å². The molecule has 21 heavy (non-hydrogen) atoms. The molecule has 0 aliphatic carbocycles. The molecule has 4 nitrogen and oxygen atoms in total. The van der Waals surface area contributed by atoms with E-state index in [2.05, 4.69) is 10.6 Å². The van der Waals surface area contributed by atoms with Gasteiger partial charge >= 0.3 is 6.09 Å². The molecular formula is C16H23ClN2O2. The number of carbonyl (C=O) groups excluding carboxylic acids is 1. The summed E-state index contributed by atoms with van der Waals surface area (Å²) in [6.45, 7) is 6.52. The lowest BCUT2D eigenvalue weighted by atomic mass is 9.97. The number of rotatable bonds is 2. The van der Waals surface area contributed by atoms with Crippen LogP contribution in [0.25, 0.3) is 0 Å². The van der Waals surface area contributed by atoms with Crippen LogP contribution in [-0.4, -0.2) is 18.2 Å². The number of benzene rings is 1. The minimum absolute atomic E-state index is 0.329. The van der Waals surface area contributed by atoms with Crippen molar-refractivity contribution >= 4 is 23.4 Å². The number of nitrogens with one attached hydrogen (secondary N) is 2. The zero-order chi connectivity index (χ0) is 15.5. The average molecular weight is 311 g/mol. The molecule has 2 N–H and O–H groups in total. The maximum atomic E-state index is 11.9. The third-order valence-corrected chi connectivity index (χ3v) is 3.67. The van der Waals surface area contributed by atoms with Gasteiger partial charge in [-0.1, -0.05) is 24.1 Å². The van der Waals surface area contributed by atoms with Crippen molar-refractivity contribution in [1.82, 2.24) is 5.32 Å². The first-order chi connectivity index (χ1) is 9.85. The van der Waals surface area contributed by atoms with Gasteiger partial charge in [-0.15, -0.1) is 0 Å². The Labute approximate surface area is 131 Å². The molecule has 1 aromatic carbocycles. The van der Waals surface area contributed by atoms with E-state index in [-0.39, 0.29) is 0 Å². The van der Waals surface area contributed by atoms with E-state index < -0.39 is 11.7 Å². The lowest BCUT2D eigenvalue weighted by Crippen LogP contribution is -2.28. The van der Waals surface area contributed by atoms with Crippen LogP contribution in [0, 0.1) is 0 Å². The van der Waals surface area contributed by atoms with Gasteiger partial charge in [0.1, 0.15) is 5.60 Å². The van der Waals surface area contributed by atoms with E-state index >= 15 is 0 Å². The van der Waals surface area contributed by atoms with E-state index in [0.717, 1.165) is 18.5 Å². The number of carbonyl (C=O) groups is 1. The fourth-order valence-corrected chi connectivity index (χ4v) is 2.57. The zero-order valence-corrected chi connectivity index (χ0v) is 13.6. The van der Waals surface area contributed by atoms with Crippen LogP contribution in [0.1, 0.15) is 51.6 Å². The van der Waals surface area contributed by atoms with Gasteiger partial charge in [0.2, 0.25) is 0 Å². The highest BCUT2D eigenvalue weighted by Gasteiger charge is 2.19. The van der Waals surface area contributed by atoms with Crippen molar-refractivity contribution < 1.29 is 9.53 Å². The van der Waals surface area contributed by atoms with E-state index in [4.69, 9.17) is 16.3 Å². The van der Waals surface area contributed by atoms with Gasteiger partial charge in [0.15, 0.2) is 0 Å². The summed E-state index contributed by atoms with van der Waals surface area (Å²) in [5.41, 5.74) is 1.21. The molecule has 1 aliphatic rings. The molecule has 0 saturated carbocycles. The van der Waals surface area contributed by atoms with Crippen LogP contribution in [0.15, 0.2) is 18.2 Å². The number of hydrogen-bond acceptors (Lipinski definition) is 3. The van der Waals surface area contributed by atoms with Gasteiger partial charge in [0.25, 0.3) is 0 Å². The third kappa shape index (κ3) is 4.90. The van der Waals surface area contributed by atoms with Gasteiger partial charge in [-0.2, -0.15) is 0 Å². The van der Waals surface area contributed by atoms with Crippen molar-refractivity contribution in [2.45, 2.75) is 51.7 Å². The molecule has 5 heteroatoms. The minimum atomic E-state index is -0.529. The van der Waals surface area contributed by atoms with Crippen molar-refractivity contribution in [2.24, 2.45) is 0 Å². The Morgan fingerprint density at radius 3 is 2.76 bits per heavy atom. The van der Waals surface area contributed by atoms with Crippen LogP contribution in [0.4, 0.5) is 10.5 Å². The molecule has 116 valence electrons. The van der Waals surface area contributed by atoms with Crippen molar-refractivity contribution in [3.63, 3.8) is 0 Å². The summed E-state index contributed by atoms with van der Waals surface area (Å²) in [4.78, 5) is 11.9. The number of ether oxygens (including phenoxy) is 1. The van der Waals surface area contributed by atoms with E-state index in [9.17, 15) is 4.79 Å². The first kappa shape index (κ1) is 16.1. The van der Waals surface area contributed by atoms with Gasteiger partial charge < -0.3 is 10.1 Å². The fourth-order valence-electron chi connectivity index (χ4n) is 2.41. The quantitative estimate of drug-likeness (QED) is 0.845. The average Bonchev–Trinajstić information content (AvgIpc) is 2.40. The molecule has 0 spiro atoms. The van der Waals surface area contributed by atoms with Crippen LogP contribution < -0.4 is 10.6 Å². The van der Waals surface area contributed by atoms with Gasteiger partial charge in [0.05, 0.1) is 10.7 Å². The summed E-state index contributed by atoms with van der Waals surface area (Å²) in [6.07, 6.45) is 3.05. The van der Waals surface area contributed by atoms with Crippen molar-refractivity contribution in [1.29, 1.82) is 0 Å². The summed E-state index contributed by atoms with van der Waals surface area (Å²) >= 11 is 6.16. The Balaban J connectivity index is 2.10. The molecule has 1 aromatic rings. The number of anilines is 1. The number of halogens is 1. The van der Waals surface area contributed by atoms with Crippen LogP contribution in [0.3, 0.4) is 0 Å². The van der Waals surface area contributed by atoms with Gasteiger partial charge in [-0.05, 0) is 57.9 Å². The second-order valence-corrected chi connectivity index (χ2v) is 6.78. The summed E-state index contributed by atoms with van der Waals surface area (Å²) in [5.74, 6) is 0.